The van der Waals surface area contributed by atoms with Crippen LogP contribution in [0.25, 0.3) is 10.9 Å². The maximum Gasteiger partial charge on any atom is 0.214 e. The van der Waals surface area contributed by atoms with Crippen LogP contribution in [0.3, 0.4) is 0 Å². The van der Waals surface area contributed by atoms with Crippen molar-refractivity contribution in [2.75, 3.05) is 6.54 Å². The second-order valence-electron chi connectivity index (χ2n) is 5.20. The Kier molecular flexibility index (Phi) is 7.66. The molecule has 0 amide bonds. The van der Waals surface area contributed by atoms with Crippen LogP contribution < -0.4 is 0 Å². The van der Waals surface area contributed by atoms with Crippen molar-refractivity contribution in [3.05, 3.63) is 53.4 Å². The Labute approximate surface area is 118 Å². The first-order chi connectivity index (χ1) is 9.27. The van der Waals surface area contributed by atoms with Gasteiger partial charge in [0.1, 0.15) is 0 Å². The summed E-state index contributed by atoms with van der Waals surface area (Å²) in [6, 6.07) is 10.5. The van der Waals surface area contributed by atoms with Crippen molar-refractivity contribution >= 4 is 6.08 Å². The zero-order valence-corrected chi connectivity index (χ0v) is 12.2. The summed E-state index contributed by atoms with van der Waals surface area (Å²) in [5, 5.41) is 0. The van der Waals surface area contributed by atoms with E-state index in [9.17, 15) is 0 Å². The van der Waals surface area contributed by atoms with Crippen LogP contribution in [-0.4, -0.2) is 6.54 Å². The van der Waals surface area contributed by atoms with E-state index in [1.54, 1.807) is 0 Å². The quantitative estimate of drug-likeness (QED) is 0.429. The van der Waals surface area contributed by atoms with Gasteiger partial charge in [0.15, 0.2) is 0 Å². The highest BCUT2D eigenvalue weighted by molar-refractivity contribution is 5.48. The second kappa shape index (κ2) is 9.39. The monoisotopic (exact) mass is 255 g/mol. The molecule has 1 aromatic carbocycles. The molecule has 2 atom stereocenters. The number of benzene rings is 1. The van der Waals surface area contributed by atoms with Gasteiger partial charge in [-0.05, 0) is 23.8 Å². The lowest BCUT2D eigenvalue weighted by Crippen LogP contribution is -2.10. The largest absolute Gasteiger partial charge is 0.317 e. The fourth-order valence-corrected chi connectivity index (χ4v) is 2.46. The molecule has 102 valence electrons. The molecule has 19 heavy (non-hydrogen) atoms. The number of hydrogen-bond donors (Lipinski definition) is 0. The van der Waals surface area contributed by atoms with E-state index in [2.05, 4.69) is 55.1 Å². The molecular formula is C18H25N. The van der Waals surface area contributed by atoms with Gasteiger partial charge < -0.3 is 4.85 Å². The zero-order chi connectivity index (χ0) is 13.9. The first kappa shape index (κ1) is 15.5. The average molecular weight is 255 g/mol. The van der Waals surface area contributed by atoms with Crippen molar-refractivity contribution in [1.29, 1.82) is 0 Å². The third-order valence-corrected chi connectivity index (χ3v) is 3.64. The predicted molar refractivity (Wildman–Crippen MR) is 83.7 cm³/mol. The van der Waals surface area contributed by atoms with Crippen LogP contribution in [0.2, 0.25) is 0 Å². The summed E-state index contributed by atoms with van der Waals surface area (Å²) in [7, 11) is 0. The lowest BCUT2D eigenvalue weighted by atomic mass is 9.85. The van der Waals surface area contributed by atoms with E-state index in [1.807, 2.05) is 6.07 Å². The Hall–Kier alpha value is -1.55. The highest BCUT2D eigenvalue weighted by Gasteiger charge is 2.14. The summed E-state index contributed by atoms with van der Waals surface area (Å²) in [5.41, 5.74) is 1.27. The minimum atomic E-state index is 0.589. The summed E-state index contributed by atoms with van der Waals surface area (Å²) in [6.07, 6.45) is 9.26. The summed E-state index contributed by atoms with van der Waals surface area (Å²) < 4.78 is 0. The minimum absolute atomic E-state index is 0.589. The lowest BCUT2D eigenvalue weighted by Gasteiger charge is -2.20. The number of rotatable bonds is 8. The van der Waals surface area contributed by atoms with Crippen LogP contribution in [0, 0.1) is 18.4 Å². The van der Waals surface area contributed by atoms with E-state index in [0.29, 0.717) is 18.4 Å². The van der Waals surface area contributed by atoms with E-state index >= 15 is 0 Å². The molecule has 0 aliphatic rings. The van der Waals surface area contributed by atoms with Gasteiger partial charge in [-0.2, -0.15) is 0 Å². The first-order valence-corrected chi connectivity index (χ1v) is 7.34. The Balaban J connectivity index is 2.53. The maximum atomic E-state index is 6.86. The molecule has 0 fully saturated rings. The minimum Gasteiger partial charge on any atom is -0.317 e. The van der Waals surface area contributed by atoms with Crippen molar-refractivity contribution in [2.45, 2.75) is 39.5 Å². The molecule has 0 saturated carbocycles. The summed E-state index contributed by atoms with van der Waals surface area (Å²) in [6.45, 7) is 12.1. The Morgan fingerprint density at radius 2 is 1.95 bits per heavy atom. The van der Waals surface area contributed by atoms with Crippen LogP contribution in [-0.2, 0) is 0 Å². The molecule has 0 spiro atoms. The molecule has 0 aliphatic carbocycles. The summed E-state index contributed by atoms with van der Waals surface area (Å²) in [5.74, 6) is 1.30. The average Bonchev–Trinajstić information content (AvgIpc) is 2.45. The molecule has 0 aliphatic heterocycles. The molecular weight excluding hydrogens is 230 g/mol. The molecule has 1 aromatic rings. The van der Waals surface area contributed by atoms with Gasteiger partial charge in [-0.1, -0.05) is 69.2 Å². The van der Waals surface area contributed by atoms with Gasteiger partial charge in [0.25, 0.3) is 0 Å². The topological polar surface area (TPSA) is 4.36 Å². The maximum absolute atomic E-state index is 6.86. The summed E-state index contributed by atoms with van der Waals surface area (Å²) in [4.78, 5) is 3.45. The standard InChI is InChI=1S/C18H25N/c1-4-9-18(12-8-15-19-3)16(2)13-14-17-10-6-5-7-11-17/h5-7,10-11,13-14,16,18H,4,8-9,12,15H2,1-2H3/b14-13+. The van der Waals surface area contributed by atoms with E-state index in [0.717, 1.165) is 6.42 Å². The molecule has 2 unspecified atom stereocenters. The van der Waals surface area contributed by atoms with Gasteiger partial charge in [-0.3, -0.25) is 0 Å². The molecule has 0 heterocycles. The van der Waals surface area contributed by atoms with Gasteiger partial charge in [-0.15, -0.1) is 0 Å². The van der Waals surface area contributed by atoms with E-state index in [4.69, 9.17) is 6.57 Å². The molecule has 1 heteroatoms. The zero-order valence-electron chi connectivity index (χ0n) is 12.2. The predicted octanol–water partition coefficient (Wildman–Crippen LogP) is 5.45. The Morgan fingerprint density at radius 1 is 1.21 bits per heavy atom. The highest BCUT2D eigenvalue weighted by atomic mass is 14.6. The van der Waals surface area contributed by atoms with Gasteiger partial charge in [0.05, 0.1) is 0 Å². The highest BCUT2D eigenvalue weighted by Crippen LogP contribution is 2.24. The third-order valence-electron chi connectivity index (χ3n) is 3.64. The second-order valence-corrected chi connectivity index (χ2v) is 5.20. The molecule has 0 saturated heterocycles. The van der Waals surface area contributed by atoms with Crippen LogP contribution in [0.15, 0.2) is 36.4 Å². The normalized spacial score (nSPS) is 14.2. The van der Waals surface area contributed by atoms with Crippen molar-refractivity contribution in [3.63, 3.8) is 0 Å². The van der Waals surface area contributed by atoms with Gasteiger partial charge in [0, 0.05) is 6.42 Å². The van der Waals surface area contributed by atoms with Gasteiger partial charge in [0.2, 0.25) is 6.54 Å². The van der Waals surface area contributed by atoms with E-state index in [1.165, 1.54) is 24.8 Å². The molecule has 0 N–H and O–H groups in total. The lowest BCUT2D eigenvalue weighted by molar-refractivity contribution is 0.358. The van der Waals surface area contributed by atoms with Crippen molar-refractivity contribution in [1.82, 2.24) is 0 Å². The SMILES string of the molecule is [C-]#[N+]CCCC(CCC)C(C)/C=C/c1ccccc1. The molecule has 0 radical (unpaired) electrons. The Morgan fingerprint density at radius 3 is 2.58 bits per heavy atom. The van der Waals surface area contributed by atoms with E-state index in [-0.39, 0.29) is 0 Å². The van der Waals surface area contributed by atoms with Gasteiger partial charge >= 0.3 is 0 Å². The van der Waals surface area contributed by atoms with Crippen LogP contribution in [0.5, 0.6) is 0 Å². The molecule has 0 aromatic heterocycles. The number of nitrogens with zero attached hydrogens (tertiary/aromatic N) is 1. The smallest absolute Gasteiger partial charge is 0.214 e. The molecule has 0 bridgehead atoms. The van der Waals surface area contributed by atoms with Crippen molar-refractivity contribution in [2.24, 2.45) is 11.8 Å². The van der Waals surface area contributed by atoms with Gasteiger partial charge in [-0.25, -0.2) is 6.57 Å². The fraction of sp³-hybridized carbons (Fsp3) is 0.500. The van der Waals surface area contributed by atoms with E-state index < -0.39 is 0 Å². The van der Waals surface area contributed by atoms with Crippen LogP contribution in [0.4, 0.5) is 0 Å². The molecule has 1 nitrogen and oxygen atoms in total. The molecule has 1 rings (SSSR count). The van der Waals surface area contributed by atoms with Crippen LogP contribution in [0.1, 0.15) is 45.1 Å². The Bertz CT molecular complexity index is 399. The third kappa shape index (κ3) is 6.25. The fourth-order valence-electron chi connectivity index (χ4n) is 2.46. The number of hydrogen-bond acceptors (Lipinski definition) is 0. The van der Waals surface area contributed by atoms with Crippen molar-refractivity contribution in [3.8, 4) is 0 Å². The summed E-state index contributed by atoms with van der Waals surface area (Å²) >= 11 is 0. The number of allylic oxidation sites excluding steroid dienone is 1. The van der Waals surface area contributed by atoms with Crippen LogP contribution >= 0.6 is 0 Å². The van der Waals surface area contributed by atoms with Crippen molar-refractivity contribution < 1.29 is 0 Å². The first-order valence-electron chi connectivity index (χ1n) is 7.34.